The fourth-order valence-corrected chi connectivity index (χ4v) is 2.80. The normalized spacial score (nSPS) is 14.1. The van der Waals surface area contributed by atoms with Gasteiger partial charge in [-0.1, -0.05) is 54.1 Å². The minimum Gasteiger partial charge on any atom is -0.329 e. The summed E-state index contributed by atoms with van der Waals surface area (Å²) in [5.74, 6) is 0. The SMILES string of the molecule is CC(c1cccc(Cl)c1)N(C)C(CN)Cc1ccccc1. The van der Waals surface area contributed by atoms with Gasteiger partial charge in [-0.05, 0) is 43.7 Å². The van der Waals surface area contributed by atoms with E-state index in [-0.39, 0.29) is 6.04 Å². The fraction of sp³-hybridized carbons (Fsp3) is 0.333. The van der Waals surface area contributed by atoms with Gasteiger partial charge in [-0.2, -0.15) is 0 Å². The molecule has 0 aliphatic carbocycles. The Morgan fingerprint density at radius 2 is 1.81 bits per heavy atom. The van der Waals surface area contributed by atoms with Crippen LogP contribution in [0.5, 0.6) is 0 Å². The molecule has 0 aliphatic rings. The van der Waals surface area contributed by atoms with Crippen molar-refractivity contribution in [1.82, 2.24) is 4.90 Å². The molecule has 2 rings (SSSR count). The quantitative estimate of drug-likeness (QED) is 0.877. The lowest BCUT2D eigenvalue weighted by atomic mass is 10.0. The third-order valence-electron chi connectivity index (χ3n) is 4.10. The molecule has 2 aromatic carbocycles. The summed E-state index contributed by atoms with van der Waals surface area (Å²) in [5, 5.41) is 0.778. The number of hydrogen-bond acceptors (Lipinski definition) is 2. The smallest absolute Gasteiger partial charge is 0.0409 e. The number of nitrogens with two attached hydrogens (primary N) is 1. The van der Waals surface area contributed by atoms with Crippen LogP contribution in [-0.2, 0) is 6.42 Å². The van der Waals surface area contributed by atoms with Crippen LogP contribution in [0.1, 0.15) is 24.1 Å². The van der Waals surface area contributed by atoms with Crippen LogP contribution in [-0.4, -0.2) is 24.5 Å². The monoisotopic (exact) mass is 302 g/mol. The standard InChI is InChI=1S/C18H23ClN2/c1-14(16-9-6-10-17(19)12-16)21(2)18(13-20)11-15-7-4-3-5-8-15/h3-10,12,14,18H,11,13,20H2,1-2H3. The van der Waals surface area contributed by atoms with Gasteiger partial charge in [-0.15, -0.1) is 0 Å². The van der Waals surface area contributed by atoms with Gasteiger partial charge in [0.15, 0.2) is 0 Å². The Bertz CT molecular complexity index is 556. The first-order chi connectivity index (χ1) is 10.1. The molecule has 0 aliphatic heterocycles. The summed E-state index contributed by atoms with van der Waals surface area (Å²) in [6, 6.07) is 19.1. The molecule has 2 aromatic rings. The van der Waals surface area contributed by atoms with Crippen molar-refractivity contribution >= 4 is 11.6 Å². The van der Waals surface area contributed by atoms with Gasteiger partial charge in [-0.25, -0.2) is 0 Å². The van der Waals surface area contributed by atoms with E-state index in [0.717, 1.165) is 11.4 Å². The molecule has 0 spiro atoms. The molecule has 2 unspecified atom stereocenters. The summed E-state index contributed by atoms with van der Waals surface area (Å²) in [6.45, 7) is 2.83. The number of hydrogen-bond donors (Lipinski definition) is 1. The zero-order chi connectivity index (χ0) is 15.2. The van der Waals surface area contributed by atoms with Crippen LogP contribution in [0.3, 0.4) is 0 Å². The molecule has 21 heavy (non-hydrogen) atoms. The van der Waals surface area contributed by atoms with Crippen LogP contribution in [0, 0.1) is 0 Å². The highest BCUT2D eigenvalue weighted by Crippen LogP contribution is 2.24. The van der Waals surface area contributed by atoms with Gasteiger partial charge in [0, 0.05) is 23.7 Å². The molecule has 0 saturated heterocycles. The Morgan fingerprint density at radius 3 is 2.43 bits per heavy atom. The Balaban J connectivity index is 2.10. The number of rotatable bonds is 6. The Kier molecular flexibility index (Phi) is 5.80. The van der Waals surface area contributed by atoms with Gasteiger partial charge >= 0.3 is 0 Å². The average Bonchev–Trinajstić information content (AvgIpc) is 2.52. The third-order valence-corrected chi connectivity index (χ3v) is 4.34. The van der Waals surface area contributed by atoms with E-state index >= 15 is 0 Å². The van der Waals surface area contributed by atoms with E-state index in [1.165, 1.54) is 11.1 Å². The minimum absolute atomic E-state index is 0.279. The van der Waals surface area contributed by atoms with Crippen molar-refractivity contribution in [3.63, 3.8) is 0 Å². The highest BCUT2D eigenvalue weighted by atomic mass is 35.5. The van der Waals surface area contributed by atoms with Crippen molar-refractivity contribution in [3.05, 3.63) is 70.7 Å². The van der Waals surface area contributed by atoms with Crippen LogP contribution in [0.2, 0.25) is 5.02 Å². The maximum atomic E-state index is 6.09. The largest absolute Gasteiger partial charge is 0.329 e. The van der Waals surface area contributed by atoms with Crippen molar-refractivity contribution in [2.75, 3.05) is 13.6 Å². The Hall–Kier alpha value is -1.35. The number of halogens is 1. The summed E-state index contributed by atoms with van der Waals surface area (Å²) in [7, 11) is 2.13. The van der Waals surface area contributed by atoms with Crippen LogP contribution < -0.4 is 5.73 Å². The van der Waals surface area contributed by atoms with E-state index in [1.54, 1.807) is 0 Å². The molecule has 0 bridgehead atoms. The zero-order valence-corrected chi connectivity index (χ0v) is 13.4. The molecule has 112 valence electrons. The maximum absolute atomic E-state index is 6.09. The second-order valence-electron chi connectivity index (χ2n) is 5.48. The van der Waals surface area contributed by atoms with Crippen molar-refractivity contribution in [2.24, 2.45) is 5.73 Å². The average molecular weight is 303 g/mol. The number of benzene rings is 2. The molecule has 2 nitrogen and oxygen atoms in total. The van der Waals surface area contributed by atoms with Crippen molar-refractivity contribution in [1.29, 1.82) is 0 Å². The highest BCUT2D eigenvalue weighted by Gasteiger charge is 2.20. The van der Waals surface area contributed by atoms with Gasteiger partial charge in [0.25, 0.3) is 0 Å². The van der Waals surface area contributed by atoms with Crippen molar-refractivity contribution in [3.8, 4) is 0 Å². The van der Waals surface area contributed by atoms with Gasteiger partial charge in [0.1, 0.15) is 0 Å². The van der Waals surface area contributed by atoms with E-state index in [1.807, 2.05) is 24.3 Å². The predicted octanol–water partition coefficient (Wildman–Crippen LogP) is 3.90. The van der Waals surface area contributed by atoms with Crippen LogP contribution in [0.25, 0.3) is 0 Å². The van der Waals surface area contributed by atoms with Crippen LogP contribution >= 0.6 is 11.6 Å². The van der Waals surface area contributed by atoms with Crippen molar-refractivity contribution < 1.29 is 0 Å². The first-order valence-corrected chi connectivity index (χ1v) is 7.71. The van der Waals surface area contributed by atoms with Gasteiger partial charge in [0.05, 0.1) is 0 Å². The van der Waals surface area contributed by atoms with Crippen molar-refractivity contribution in [2.45, 2.75) is 25.4 Å². The van der Waals surface area contributed by atoms with Gasteiger partial charge in [0.2, 0.25) is 0 Å². The predicted molar refractivity (Wildman–Crippen MR) is 90.6 cm³/mol. The Labute approximate surface area is 132 Å². The molecule has 0 aromatic heterocycles. The molecule has 2 atom stereocenters. The van der Waals surface area contributed by atoms with Gasteiger partial charge < -0.3 is 5.73 Å². The summed E-state index contributed by atoms with van der Waals surface area (Å²) in [6.07, 6.45) is 0.957. The minimum atomic E-state index is 0.279. The molecule has 0 fully saturated rings. The topological polar surface area (TPSA) is 29.3 Å². The molecular formula is C18H23ClN2. The summed E-state index contributed by atoms with van der Waals surface area (Å²) < 4.78 is 0. The molecule has 0 amide bonds. The molecule has 2 N–H and O–H groups in total. The molecule has 3 heteroatoms. The zero-order valence-electron chi connectivity index (χ0n) is 12.7. The first kappa shape index (κ1) is 16.0. The molecular weight excluding hydrogens is 280 g/mol. The first-order valence-electron chi connectivity index (χ1n) is 7.33. The summed E-state index contributed by atoms with van der Waals surface area (Å²) in [4.78, 5) is 2.33. The fourth-order valence-electron chi connectivity index (χ4n) is 2.60. The van der Waals surface area contributed by atoms with E-state index in [2.05, 4.69) is 49.2 Å². The van der Waals surface area contributed by atoms with Crippen LogP contribution in [0.15, 0.2) is 54.6 Å². The molecule has 0 heterocycles. The molecule has 0 saturated carbocycles. The maximum Gasteiger partial charge on any atom is 0.0409 e. The van der Waals surface area contributed by atoms with E-state index in [4.69, 9.17) is 17.3 Å². The number of likely N-dealkylation sites (N-methyl/N-ethyl adjacent to an activating group) is 1. The highest BCUT2D eigenvalue weighted by molar-refractivity contribution is 6.30. The summed E-state index contributed by atoms with van der Waals surface area (Å²) >= 11 is 6.09. The second kappa shape index (κ2) is 7.60. The third kappa shape index (κ3) is 4.31. The van der Waals surface area contributed by atoms with E-state index < -0.39 is 0 Å². The lowest BCUT2D eigenvalue weighted by Crippen LogP contribution is -2.41. The lowest BCUT2D eigenvalue weighted by Gasteiger charge is -2.33. The lowest BCUT2D eigenvalue weighted by molar-refractivity contribution is 0.187. The Morgan fingerprint density at radius 1 is 1.10 bits per heavy atom. The van der Waals surface area contributed by atoms with Gasteiger partial charge in [-0.3, -0.25) is 4.90 Å². The van der Waals surface area contributed by atoms with E-state index in [0.29, 0.717) is 12.6 Å². The molecule has 0 radical (unpaired) electrons. The second-order valence-corrected chi connectivity index (χ2v) is 5.91. The van der Waals surface area contributed by atoms with Crippen LogP contribution in [0.4, 0.5) is 0 Å². The summed E-state index contributed by atoms with van der Waals surface area (Å²) in [5.41, 5.74) is 8.54. The van der Waals surface area contributed by atoms with E-state index in [9.17, 15) is 0 Å². The number of nitrogens with zero attached hydrogens (tertiary/aromatic N) is 1.